The van der Waals surface area contributed by atoms with Crippen molar-refractivity contribution in [3.63, 3.8) is 0 Å². The molecule has 0 bridgehead atoms. The fraction of sp³-hybridized carbons (Fsp3) is 0.214. The molecule has 1 aromatic carbocycles. The normalized spacial score (nSPS) is 15.8. The highest BCUT2D eigenvalue weighted by Gasteiger charge is 2.19. The molecule has 0 spiro atoms. The number of benzene rings is 1. The third-order valence-corrected chi connectivity index (χ3v) is 5.08. The van der Waals surface area contributed by atoms with Gasteiger partial charge in [0.1, 0.15) is 6.10 Å². The number of hydrogen-bond acceptors (Lipinski definition) is 3. The highest BCUT2D eigenvalue weighted by molar-refractivity contribution is 14.1. The maximum absolute atomic E-state index is 11.8. The maximum Gasteiger partial charge on any atom is 0.251 e. The van der Waals surface area contributed by atoms with Crippen LogP contribution in [0.2, 0.25) is 0 Å². The zero-order chi connectivity index (χ0) is 13.4. The van der Waals surface area contributed by atoms with Gasteiger partial charge in [0.05, 0.1) is 2.88 Å². The Balaban J connectivity index is 1.97. The van der Waals surface area contributed by atoms with Crippen LogP contribution in [-0.2, 0) is 6.42 Å². The predicted octanol–water partition coefficient (Wildman–Crippen LogP) is 2.72. The number of thiophene rings is 1. The SMILES string of the molecule is O=C1NCCc2ccc(C(O)c3csc(I)c3)cc21. The molecule has 1 atom stereocenters. The molecular formula is C14H12INO2S. The van der Waals surface area contributed by atoms with Crippen molar-refractivity contribution >= 4 is 39.8 Å². The number of hydrogen-bond donors (Lipinski definition) is 2. The molecule has 2 heterocycles. The number of aliphatic hydroxyl groups excluding tert-OH is 1. The van der Waals surface area contributed by atoms with Crippen molar-refractivity contribution in [2.45, 2.75) is 12.5 Å². The number of aliphatic hydroxyl groups is 1. The van der Waals surface area contributed by atoms with Crippen molar-refractivity contribution in [1.29, 1.82) is 0 Å². The summed E-state index contributed by atoms with van der Waals surface area (Å²) in [5, 5.41) is 15.1. The summed E-state index contributed by atoms with van der Waals surface area (Å²) in [5.41, 5.74) is 3.39. The van der Waals surface area contributed by atoms with Crippen LogP contribution in [0.1, 0.15) is 33.2 Å². The fourth-order valence-electron chi connectivity index (χ4n) is 2.26. The molecule has 1 unspecified atom stereocenters. The van der Waals surface area contributed by atoms with Gasteiger partial charge in [-0.25, -0.2) is 0 Å². The van der Waals surface area contributed by atoms with Gasteiger partial charge in [0, 0.05) is 12.1 Å². The Bertz CT molecular complexity index is 638. The second-order valence-electron chi connectivity index (χ2n) is 4.51. The minimum atomic E-state index is -0.667. The number of carbonyl (C=O) groups excluding carboxylic acids is 1. The molecule has 19 heavy (non-hydrogen) atoms. The van der Waals surface area contributed by atoms with Crippen LogP contribution in [0.25, 0.3) is 0 Å². The summed E-state index contributed by atoms with van der Waals surface area (Å²) in [6, 6.07) is 7.63. The Morgan fingerprint density at radius 2 is 2.16 bits per heavy atom. The second-order valence-corrected chi connectivity index (χ2v) is 7.31. The van der Waals surface area contributed by atoms with Gasteiger partial charge in [-0.15, -0.1) is 11.3 Å². The Kier molecular flexibility index (Phi) is 3.60. The van der Waals surface area contributed by atoms with Gasteiger partial charge in [-0.2, -0.15) is 0 Å². The maximum atomic E-state index is 11.8. The third kappa shape index (κ3) is 2.54. The Morgan fingerprint density at radius 3 is 2.89 bits per heavy atom. The zero-order valence-corrected chi connectivity index (χ0v) is 13.0. The van der Waals surface area contributed by atoms with E-state index in [9.17, 15) is 9.90 Å². The number of amides is 1. The van der Waals surface area contributed by atoms with E-state index in [1.54, 1.807) is 17.4 Å². The number of nitrogens with one attached hydrogen (secondary N) is 1. The predicted molar refractivity (Wildman–Crippen MR) is 83.6 cm³/mol. The molecule has 98 valence electrons. The minimum Gasteiger partial charge on any atom is -0.384 e. The zero-order valence-electron chi connectivity index (χ0n) is 10.0. The first-order chi connectivity index (χ1) is 9.15. The standard InChI is InChI=1S/C14H12INO2S/c15-12-6-10(7-19-12)13(17)9-2-1-8-3-4-16-14(18)11(8)5-9/h1-2,5-7,13,17H,3-4H2,(H,16,18). The van der Waals surface area contributed by atoms with Crippen LogP contribution >= 0.6 is 33.9 Å². The second kappa shape index (κ2) is 5.22. The molecule has 0 fully saturated rings. The van der Waals surface area contributed by atoms with Gasteiger partial charge < -0.3 is 10.4 Å². The number of carbonyl (C=O) groups is 1. The van der Waals surface area contributed by atoms with Gasteiger partial charge in [0.25, 0.3) is 5.91 Å². The van der Waals surface area contributed by atoms with Crippen molar-refractivity contribution in [2.24, 2.45) is 0 Å². The molecule has 1 amide bonds. The van der Waals surface area contributed by atoms with Crippen molar-refractivity contribution < 1.29 is 9.90 Å². The van der Waals surface area contributed by atoms with E-state index in [-0.39, 0.29) is 5.91 Å². The quantitative estimate of drug-likeness (QED) is 0.782. The van der Waals surface area contributed by atoms with Crippen LogP contribution in [0.15, 0.2) is 29.6 Å². The molecule has 2 N–H and O–H groups in total. The average molecular weight is 385 g/mol. The Hall–Kier alpha value is -0.920. The molecule has 0 saturated heterocycles. The highest BCUT2D eigenvalue weighted by Crippen LogP contribution is 2.29. The molecule has 5 heteroatoms. The topological polar surface area (TPSA) is 49.3 Å². The van der Waals surface area contributed by atoms with Crippen molar-refractivity contribution in [2.75, 3.05) is 6.54 Å². The van der Waals surface area contributed by atoms with Crippen LogP contribution in [0.5, 0.6) is 0 Å². The smallest absolute Gasteiger partial charge is 0.251 e. The molecule has 0 saturated carbocycles. The van der Waals surface area contributed by atoms with E-state index in [2.05, 4.69) is 27.9 Å². The lowest BCUT2D eigenvalue weighted by atomic mass is 9.94. The lowest BCUT2D eigenvalue weighted by Gasteiger charge is -2.18. The van der Waals surface area contributed by atoms with Gasteiger partial charge in [0.15, 0.2) is 0 Å². The van der Waals surface area contributed by atoms with Gasteiger partial charge in [-0.1, -0.05) is 12.1 Å². The van der Waals surface area contributed by atoms with Crippen molar-refractivity contribution in [3.05, 3.63) is 54.8 Å². The van der Waals surface area contributed by atoms with Gasteiger partial charge in [-0.05, 0) is 63.2 Å². The van der Waals surface area contributed by atoms with E-state index in [0.29, 0.717) is 12.1 Å². The highest BCUT2D eigenvalue weighted by atomic mass is 127. The third-order valence-electron chi connectivity index (χ3n) is 3.28. The molecule has 1 aromatic heterocycles. The summed E-state index contributed by atoms with van der Waals surface area (Å²) in [4.78, 5) is 11.8. The first-order valence-corrected chi connectivity index (χ1v) is 7.94. The number of rotatable bonds is 2. The summed E-state index contributed by atoms with van der Waals surface area (Å²) in [7, 11) is 0. The summed E-state index contributed by atoms with van der Waals surface area (Å²) in [6.45, 7) is 0.691. The van der Waals surface area contributed by atoms with E-state index in [4.69, 9.17) is 0 Å². The lowest BCUT2D eigenvalue weighted by molar-refractivity contribution is 0.0945. The summed E-state index contributed by atoms with van der Waals surface area (Å²) in [5.74, 6) is -0.0461. The molecule has 1 aliphatic heterocycles. The van der Waals surface area contributed by atoms with Crippen LogP contribution in [-0.4, -0.2) is 17.6 Å². The molecule has 0 radical (unpaired) electrons. The van der Waals surface area contributed by atoms with Crippen molar-refractivity contribution in [1.82, 2.24) is 5.32 Å². The summed E-state index contributed by atoms with van der Waals surface area (Å²) in [6.07, 6.45) is 0.188. The first kappa shape index (κ1) is 13.1. The van der Waals surface area contributed by atoms with Crippen LogP contribution in [0.4, 0.5) is 0 Å². The van der Waals surface area contributed by atoms with Crippen LogP contribution in [0, 0.1) is 2.88 Å². The lowest BCUT2D eigenvalue weighted by Crippen LogP contribution is -2.31. The molecule has 3 nitrogen and oxygen atoms in total. The molecule has 0 aliphatic carbocycles. The van der Waals surface area contributed by atoms with Crippen molar-refractivity contribution in [3.8, 4) is 0 Å². The fourth-order valence-corrected chi connectivity index (χ4v) is 3.65. The van der Waals surface area contributed by atoms with Gasteiger partial charge >= 0.3 is 0 Å². The Morgan fingerprint density at radius 1 is 1.32 bits per heavy atom. The summed E-state index contributed by atoms with van der Waals surface area (Å²) < 4.78 is 1.14. The molecule has 3 rings (SSSR count). The van der Waals surface area contributed by atoms with E-state index >= 15 is 0 Å². The summed E-state index contributed by atoms with van der Waals surface area (Å²) >= 11 is 3.84. The van der Waals surface area contributed by atoms with E-state index < -0.39 is 6.10 Å². The van der Waals surface area contributed by atoms with Crippen LogP contribution in [0.3, 0.4) is 0 Å². The molecular weight excluding hydrogens is 373 g/mol. The van der Waals surface area contributed by atoms with E-state index in [1.165, 1.54) is 0 Å². The number of halogens is 1. The van der Waals surface area contributed by atoms with E-state index in [0.717, 1.165) is 26.0 Å². The minimum absolute atomic E-state index is 0.0461. The van der Waals surface area contributed by atoms with Gasteiger partial charge in [-0.3, -0.25) is 4.79 Å². The molecule has 2 aromatic rings. The Labute approximate surface area is 128 Å². The van der Waals surface area contributed by atoms with Gasteiger partial charge in [0.2, 0.25) is 0 Å². The van der Waals surface area contributed by atoms with E-state index in [1.807, 2.05) is 23.6 Å². The average Bonchev–Trinajstić information content (AvgIpc) is 2.85. The largest absolute Gasteiger partial charge is 0.384 e. The van der Waals surface area contributed by atoms with Crippen LogP contribution < -0.4 is 5.32 Å². The molecule has 1 aliphatic rings. The first-order valence-electron chi connectivity index (χ1n) is 5.98. The monoisotopic (exact) mass is 385 g/mol. The number of fused-ring (bicyclic) bond motifs is 1.